The van der Waals surface area contributed by atoms with Crippen LogP contribution in [0.4, 0.5) is 0 Å². The van der Waals surface area contributed by atoms with Crippen molar-refractivity contribution in [2.24, 2.45) is 0 Å². The Hall–Kier alpha value is -3.84. The number of imidazole rings is 1. The third-order valence-electron chi connectivity index (χ3n) is 4.69. The molecule has 0 amide bonds. The van der Waals surface area contributed by atoms with Gasteiger partial charge in [0.1, 0.15) is 24.3 Å². The molecular formula is C25H21N3O. The number of nitriles is 1. The molecule has 0 saturated heterocycles. The van der Waals surface area contributed by atoms with Crippen molar-refractivity contribution < 1.29 is 4.74 Å². The number of nitrogens with zero attached hydrogens (tertiary/aromatic N) is 2. The van der Waals surface area contributed by atoms with Crippen molar-refractivity contribution in [1.82, 2.24) is 9.97 Å². The summed E-state index contributed by atoms with van der Waals surface area (Å²) in [6.07, 6.45) is 1.83. The zero-order valence-corrected chi connectivity index (χ0v) is 16.4. The summed E-state index contributed by atoms with van der Waals surface area (Å²) in [5, 5.41) is 9.60. The van der Waals surface area contributed by atoms with Gasteiger partial charge in [-0.3, -0.25) is 0 Å². The van der Waals surface area contributed by atoms with E-state index < -0.39 is 0 Å². The number of H-pyrrole nitrogens is 1. The molecule has 0 aliphatic heterocycles. The third kappa shape index (κ3) is 4.36. The number of aryl methyl sites for hydroxylation is 2. The highest BCUT2D eigenvalue weighted by molar-refractivity contribution is 5.90. The predicted octanol–water partition coefficient (Wildman–Crippen LogP) is 5.82. The lowest BCUT2D eigenvalue weighted by molar-refractivity contribution is 0.306. The highest BCUT2D eigenvalue weighted by Gasteiger charge is 2.08. The van der Waals surface area contributed by atoms with E-state index in [1.165, 1.54) is 5.56 Å². The smallest absolute Gasteiger partial charge is 0.149 e. The first-order valence-electron chi connectivity index (χ1n) is 9.48. The SMILES string of the molecule is Cc1cccc(COc2ccc(/C=C(/C#N)c3nc4ccc(C)cc4[nH]3)cc2)c1. The van der Waals surface area contributed by atoms with Crippen molar-refractivity contribution in [3.8, 4) is 11.8 Å². The van der Waals surface area contributed by atoms with Crippen LogP contribution in [0.2, 0.25) is 0 Å². The van der Waals surface area contributed by atoms with E-state index in [0.29, 0.717) is 18.0 Å². The van der Waals surface area contributed by atoms with E-state index in [0.717, 1.165) is 33.5 Å². The Morgan fingerprint density at radius 2 is 1.83 bits per heavy atom. The minimum Gasteiger partial charge on any atom is -0.489 e. The van der Waals surface area contributed by atoms with Crippen molar-refractivity contribution in [2.75, 3.05) is 0 Å². The molecule has 0 bridgehead atoms. The molecule has 29 heavy (non-hydrogen) atoms. The molecular weight excluding hydrogens is 358 g/mol. The topological polar surface area (TPSA) is 61.7 Å². The van der Waals surface area contributed by atoms with Gasteiger partial charge >= 0.3 is 0 Å². The molecule has 0 spiro atoms. The monoisotopic (exact) mass is 379 g/mol. The fourth-order valence-corrected chi connectivity index (χ4v) is 3.20. The first-order valence-corrected chi connectivity index (χ1v) is 9.48. The molecule has 4 rings (SSSR count). The molecule has 0 unspecified atom stereocenters. The number of ether oxygens (including phenoxy) is 1. The molecule has 0 aliphatic rings. The van der Waals surface area contributed by atoms with E-state index in [4.69, 9.17) is 4.74 Å². The molecule has 0 atom stereocenters. The average Bonchev–Trinajstić information content (AvgIpc) is 3.14. The highest BCUT2D eigenvalue weighted by Crippen LogP contribution is 2.22. The molecule has 142 valence electrons. The fourth-order valence-electron chi connectivity index (χ4n) is 3.20. The number of aromatic amines is 1. The maximum Gasteiger partial charge on any atom is 0.149 e. The van der Waals surface area contributed by atoms with E-state index in [2.05, 4.69) is 41.2 Å². The number of aromatic nitrogens is 2. The van der Waals surface area contributed by atoms with Crippen molar-refractivity contribution in [3.05, 3.63) is 94.8 Å². The lowest BCUT2D eigenvalue weighted by Crippen LogP contribution is -1.95. The van der Waals surface area contributed by atoms with Crippen LogP contribution < -0.4 is 4.74 Å². The van der Waals surface area contributed by atoms with Gasteiger partial charge in [-0.15, -0.1) is 0 Å². The maximum atomic E-state index is 9.60. The largest absolute Gasteiger partial charge is 0.489 e. The van der Waals surface area contributed by atoms with Gasteiger partial charge in [-0.25, -0.2) is 4.98 Å². The van der Waals surface area contributed by atoms with Crippen LogP contribution >= 0.6 is 0 Å². The maximum absolute atomic E-state index is 9.60. The van der Waals surface area contributed by atoms with Crippen molar-refractivity contribution >= 4 is 22.7 Å². The number of hydrogen-bond donors (Lipinski definition) is 1. The van der Waals surface area contributed by atoms with E-state index >= 15 is 0 Å². The van der Waals surface area contributed by atoms with Gasteiger partial charge in [0.25, 0.3) is 0 Å². The normalized spacial score (nSPS) is 11.4. The van der Waals surface area contributed by atoms with Crippen LogP contribution in [0, 0.1) is 25.2 Å². The van der Waals surface area contributed by atoms with Gasteiger partial charge in [-0.2, -0.15) is 5.26 Å². The van der Waals surface area contributed by atoms with Crippen LogP contribution in [-0.4, -0.2) is 9.97 Å². The number of benzene rings is 3. The third-order valence-corrected chi connectivity index (χ3v) is 4.69. The Kier molecular flexibility index (Phi) is 5.13. The van der Waals surface area contributed by atoms with E-state index in [1.807, 2.05) is 61.5 Å². The molecule has 4 nitrogen and oxygen atoms in total. The molecule has 0 saturated carbocycles. The molecule has 0 fully saturated rings. The summed E-state index contributed by atoms with van der Waals surface area (Å²) in [7, 11) is 0. The summed E-state index contributed by atoms with van der Waals surface area (Å²) in [5.74, 6) is 1.37. The quantitative estimate of drug-likeness (QED) is 0.444. The zero-order valence-electron chi connectivity index (χ0n) is 16.4. The van der Waals surface area contributed by atoms with Gasteiger partial charge in [0.2, 0.25) is 0 Å². The van der Waals surface area contributed by atoms with Crippen LogP contribution in [-0.2, 0) is 6.61 Å². The standard InChI is InChI=1S/C25H21N3O/c1-17-4-3-5-20(12-17)16-29-22-9-7-19(8-10-22)14-21(15-26)25-27-23-11-6-18(2)13-24(23)28-25/h3-14H,16H2,1-2H3,(H,27,28)/b21-14-. The molecule has 0 aliphatic carbocycles. The van der Waals surface area contributed by atoms with E-state index in [9.17, 15) is 5.26 Å². The van der Waals surface area contributed by atoms with Gasteiger partial charge in [0.05, 0.1) is 16.6 Å². The van der Waals surface area contributed by atoms with Gasteiger partial charge in [0.15, 0.2) is 0 Å². The Bertz CT molecular complexity index is 1230. The van der Waals surface area contributed by atoms with Gasteiger partial charge < -0.3 is 9.72 Å². The minimum absolute atomic E-state index is 0.493. The summed E-state index contributed by atoms with van der Waals surface area (Å²) in [6, 6.07) is 24.2. The number of hydrogen-bond acceptors (Lipinski definition) is 3. The second kappa shape index (κ2) is 8.04. The zero-order chi connectivity index (χ0) is 20.2. The number of rotatable bonds is 5. The fraction of sp³-hybridized carbons (Fsp3) is 0.120. The van der Waals surface area contributed by atoms with Gasteiger partial charge in [0, 0.05) is 0 Å². The van der Waals surface area contributed by atoms with Crippen LogP contribution in [0.1, 0.15) is 28.1 Å². The van der Waals surface area contributed by atoms with Crippen LogP contribution in [0.25, 0.3) is 22.7 Å². The molecule has 1 aromatic heterocycles. The Morgan fingerprint density at radius 3 is 2.59 bits per heavy atom. The summed E-state index contributed by atoms with van der Waals surface area (Å²) in [4.78, 5) is 7.77. The lowest BCUT2D eigenvalue weighted by Gasteiger charge is -2.07. The second-order valence-corrected chi connectivity index (χ2v) is 7.12. The molecule has 1 N–H and O–H groups in total. The number of nitrogens with one attached hydrogen (secondary N) is 1. The van der Waals surface area contributed by atoms with Crippen molar-refractivity contribution in [3.63, 3.8) is 0 Å². The van der Waals surface area contributed by atoms with E-state index in [-0.39, 0.29) is 0 Å². The van der Waals surface area contributed by atoms with E-state index in [1.54, 1.807) is 0 Å². The second-order valence-electron chi connectivity index (χ2n) is 7.12. The molecule has 0 radical (unpaired) electrons. The Morgan fingerprint density at radius 1 is 1.03 bits per heavy atom. The molecule has 4 aromatic rings. The number of allylic oxidation sites excluding steroid dienone is 1. The summed E-state index contributed by atoms with van der Waals surface area (Å²) in [6.45, 7) is 4.63. The lowest BCUT2D eigenvalue weighted by atomic mass is 10.1. The summed E-state index contributed by atoms with van der Waals surface area (Å²) in [5.41, 5.74) is 6.70. The van der Waals surface area contributed by atoms with Gasteiger partial charge in [-0.05, 0) is 60.9 Å². The summed E-state index contributed by atoms with van der Waals surface area (Å²) >= 11 is 0. The molecule has 1 heterocycles. The van der Waals surface area contributed by atoms with Crippen molar-refractivity contribution in [2.45, 2.75) is 20.5 Å². The van der Waals surface area contributed by atoms with Crippen LogP contribution in [0.15, 0.2) is 66.7 Å². The van der Waals surface area contributed by atoms with Crippen LogP contribution in [0.3, 0.4) is 0 Å². The van der Waals surface area contributed by atoms with Crippen LogP contribution in [0.5, 0.6) is 5.75 Å². The predicted molar refractivity (Wildman–Crippen MR) is 116 cm³/mol. The Labute approximate surface area is 170 Å². The molecule has 4 heteroatoms. The first kappa shape index (κ1) is 18.5. The number of fused-ring (bicyclic) bond motifs is 1. The Balaban J connectivity index is 1.51. The highest BCUT2D eigenvalue weighted by atomic mass is 16.5. The first-order chi connectivity index (χ1) is 14.1. The van der Waals surface area contributed by atoms with Gasteiger partial charge in [-0.1, -0.05) is 48.0 Å². The van der Waals surface area contributed by atoms with Crippen molar-refractivity contribution in [1.29, 1.82) is 5.26 Å². The minimum atomic E-state index is 0.493. The average molecular weight is 379 g/mol. The molecule has 3 aromatic carbocycles. The summed E-state index contributed by atoms with van der Waals surface area (Å²) < 4.78 is 5.86.